The first-order valence-electron chi connectivity index (χ1n) is 10.2. The maximum atomic E-state index is 14.0. The van der Waals surface area contributed by atoms with E-state index in [4.69, 9.17) is 14.5 Å². The molecule has 30 heavy (non-hydrogen) atoms. The fraction of sp³-hybridized carbons (Fsp3) is 0.348. The molecule has 0 unspecified atom stereocenters. The molecule has 0 amide bonds. The van der Waals surface area contributed by atoms with Crippen molar-refractivity contribution < 1.29 is 13.9 Å². The van der Waals surface area contributed by atoms with Gasteiger partial charge in [0.25, 0.3) is 0 Å². The average Bonchev–Trinajstić information content (AvgIpc) is 3.24. The number of hydrogen-bond acceptors (Lipinski definition) is 6. The molecule has 3 aromatic rings. The number of methoxy groups -OCH3 is 1. The first kappa shape index (κ1) is 20.6. The van der Waals surface area contributed by atoms with Crippen molar-refractivity contribution in [1.82, 2.24) is 9.88 Å². The van der Waals surface area contributed by atoms with Crippen molar-refractivity contribution in [1.29, 1.82) is 0 Å². The van der Waals surface area contributed by atoms with E-state index in [1.807, 2.05) is 37.3 Å². The van der Waals surface area contributed by atoms with Crippen LogP contribution >= 0.6 is 11.3 Å². The molecular weight excluding hydrogens is 401 g/mol. The van der Waals surface area contributed by atoms with Gasteiger partial charge >= 0.3 is 0 Å². The number of halogens is 1. The summed E-state index contributed by atoms with van der Waals surface area (Å²) in [6.45, 7) is 6.76. The molecule has 1 saturated heterocycles. The Morgan fingerprint density at radius 1 is 1.07 bits per heavy atom. The van der Waals surface area contributed by atoms with Crippen molar-refractivity contribution >= 4 is 17.0 Å². The van der Waals surface area contributed by atoms with Gasteiger partial charge in [0.15, 0.2) is 11.5 Å². The standard InChI is InChI=1S/C23H26FN3O2S/c1-3-29-21-9-8-17(14-22(21)28-2)23-25-18(16-30-23)15-26-10-12-27(13-11-26)20-7-5-4-6-19(20)24/h4-9,14,16H,3,10-13,15H2,1-2H3. The van der Waals surface area contributed by atoms with Crippen molar-refractivity contribution in [3.63, 3.8) is 0 Å². The zero-order chi connectivity index (χ0) is 20.9. The lowest BCUT2D eigenvalue weighted by Gasteiger charge is -2.35. The SMILES string of the molecule is CCOc1ccc(-c2nc(CN3CCN(c4ccccc4F)CC3)cs2)cc1OC. The minimum absolute atomic E-state index is 0.152. The van der Waals surface area contributed by atoms with Crippen LogP contribution in [0.5, 0.6) is 11.5 Å². The number of rotatable bonds is 7. The summed E-state index contributed by atoms with van der Waals surface area (Å²) < 4.78 is 25.1. The number of aromatic nitrogens is 1. The predicted molar refractivity (Wildman–Crippen MR) is 119 cm³/mol. The Kier molecular flexibility index (Phi) is 6.50. The van der Waals surface area contributed by atoms with E-state index in [0.29, 0.717) is 12.3 Å². The largest absolute Gasteiger partial charge is 0.493 e. The smallest absolute Gasteiger partial charge is 0.161 e. The maximum Gasteiger partial charge on any atom is 0.161 e. The third-order valence-corrected chi connectivity index (χ3v) is 6.15. The van der Waals surface area contributed by atoms with Gasteiger partial charge in [0.1, 0.15) is 10.8 Å². The molecule has 1 fully saturated rings. The van der Waals surface area contributed by atoms with E-state index < -0.39 is 0 Å². The van der Waals surface area contributed by atoms with E-state index in [1.165, 1.54) is 6.07 Å². The van der Waals surface area contributed by atoms with Gasteiger partial charge in [-0.2, -0.15) is 0 Å². The van der Waals surface area contributed by atoms with E-state index in [1.54, 1.807) is 24.5 Å². The highest BCUT2D eigenvalue weighted by Gasteiger charge is 2.20. The second-order valence-corrected chi connectivity index (χ2v) is 8.02. The summed E-state index contributed by atoms with van der Waals surface area (Å²) in [6, 6.07) is 12.9. The van der Waals surface area contributed by atoms with Gasteiger partial charge in [0.2, 0.25) is 0 Å². The van der Waals surface area contributed by atoms with Gasteiger partial charge < -0.3 is 14.4 Å². The van der Waals surface area contributed by atoms with Crippen LogP contribution in [0.25, 0.3) is 10.6 Å². The number of piperazine rings is 1. The Labute approximate surface area is 180 Å². The highest BCUT2D eigenvalue weighted by molar-refractivity contribution is 7.13. The summed E-state index contributed by atoms with van der Waals surface area (Å²) in [7, 11) is 1.65. The van der Waals surface area contributed by atoms with Crippen LogP contribution in [0.3, 0.4) is 0 Å². The monoisotopic (exact) mass is 427 g/mol. The minimum atomic E-state index is -0.152. The van der Waals surface area contributed by atoms with Gasteiger partial charge in [-0.15, -0.1) is 11.3 Å². The Balaban J connectivity index is 1.38. The normalized spacial score (nSPS) is 14.7. The molecule has 158 valence electrons. The van der Waals surface area contributed by atoms with E-state index in [-0.39, 0.29) is 5.82 Å². The van der Waals surface area contributed by atoms with Crippen molar-refractivity contribution in [2.45, 2.75) is 13.5 Å². The zero-order valence-electron chi connectivity index (χ0n) is 17.3. The van der Waals surface area contributed by atoms with Crippen molar-refractivity contribution in [2.24, 2.45) is 0 Å². The zero-order valence-corrected chi connectivity index (χ0v) is 18.1. The molecule has 0 radical (unpaired) electrons. The van der Waals surface area contributed by atoms with Gasteiger partial charge in [-0.25, -0.2) is 9.37 Å². The molecule has 0 N–H and O–H groups in total. The van der Waals surface area contributed by atoms with Crippen LogP contribution in [-0.4, -0.2) is 49.8 Å². The molecular formula is C23H26FN3O2S. The molecule has 4 rings (SSSR count). The summed E-state index contributed by atoms with van der Waals surface area (Å²) in [5.74, 6) is 1.31. The average molecular weight is 428 g/mol. The molecule has 1 aliphatic heterocycles. The van der Waals surface area contributed by atoms with Crippen LogP contribution in [0, 0.1) is 5.82 Å². The predicted octanol–water partition coefficient (Wildman–Crippen LogP) is 4.68. The first-order chi connectivity index (χ1) is 14.7. The van der Waals surface area contributed by atoms with Crippen molar-refractivity contribution in [3.8, 4) is 22.1 Å². The maximum absolute atomic E-state index is 14.0. The first-order valence-corrected chi connectivity index (χ1v) is 11.0. The Bertz CT molecular complexity index is 986. The van der Waals surface area contributed by atoms with E-state index in [2.05, 4.69) is 15.2 Å². The molecule has 7 heteroatoms. The van der Waals surface area contributed by atoms with E-state index in [9.17, 15) is 4.39 Å². The van der Waals surface area contributed by atoms with Crippen LogP contribution in [0.15, 0.2) is 47.8 Å². The molecule has 0 aliphatic carbocycles. The molecule has 1 aliphatic rings. The Morgan fingerprint density at radius 3 is 2.60 bits per heavy atom. The second kappa shape index (κ2) is 9.45. The summed E-state index contributed by atoms with van der Waals surface area (Å²) in [6.07, 6.45) is 0. The highest BCUT2D eigenvalue weighted by atomic mass is 32.1. The molecule has 2 aromatic carbocycles. The molecule has 0 bridgehead atoms. The number of thiazole rings is 1. The summed E-state index contributed by atoms with van der Waals surface area (Å²) in [4.78, 5) is 9.31. The molecule has 2 heterocycles. The number of hydrogen-bond donors (Lipinski definition) is 0. The Hall–Kier alpha value is -2.64. The van der Waals surface area contributed by atoms with E-state index in [0.717, 1.165) is 60.5 Å². The Morgan fingerprint density at radius 2 is 1.87 bits per heavy atom. The summed E-state index contributed by atoms with van der Waals surface area (Å²) in [5, 5.41) is 3.08. The van der Waals surface area contributed by atoms with Gasteiger partial charge in [-0.05, 0) is 37.3 Å². The lowest BCUT2D eigenvalue weighted by Crippen LogP contribution is -2.46. The van der Waals surface area contributed by atoms with Crippen LogP contribution in [-0.2, 0) is 6.54 Å². The third kappa shape index (κ3) is 4.57. The lowest BCUT2D eigenvalue weighted by atomic mass is 10.2. The van der Waals surface area contributed by atoms with Crippen LogP contribution in [0.2, 0.25) is 0 Å². The molecule has 0 spiro atoms. The fourth-order valence-corrected chi connectivity index (χ4v) is 4.48. The molecule has 1 aromatic heterocycles. The van der Waals surface area contributed by atoms with Gasteiger partial charge in [-0.1, -0.05) is 12.1 Å². The highest BCUT2D eigenvalue weighted by Crippen LogP contribution is 2.34. The third-order valence-electron chi connectivity index (χ3n) is 5.21. The van der Waals surface area contributed by atoms with Crippen molar-refractivity contribution in [3.05, 3.63) is 59.4 Å². The lowest BCUT2D eigenvalue weighted by molar-refractivity contribution is 0.247. The number of para-hydroxylation sites is 1. The minimum Gasteiger partial charge on any atom is -0.493 e. The molecule has 5 nitrogen and oxygen atoms in total. The number of nitrogens with zero attached hydrogens (tertiary/aromatic N) is 3. The quantitative estimate of drug-likeness (QED) is 0.547. The number of benzene rings is 2. The molecule has 0 atom stereocenters. The van der Waals surface area contributed by atoms with Crippen LogP contribution < -0.4 is 14.4 Å². The number of ether oxygens (including phenoxy) is 2. The number of anilines is 1. The van der Waals surface area contributed by atoms with Crippen LogP contribution in [0.1, 0.15) is 12.6 Å². The summed E-state index contributed by atoms with van der Waals surface area (Å²) >= 11 is 1.63. The van der Waals surface area contributed by atoms with Gasteiger partial charge in [0, 0.05) is 43.7 Å². The van der Waals surface area contributed by atoms with Gasteiger partial charge in [0.05, 0.1) is 25.1 Å². The van der Waals surface area contributed by atoms with Crippen LogP contribution in [0.4, 0.5) is 10.1 Å². The summed E-state index contributed by atoms with van der Waals surface area (Å²) in [5.41, 5.74) is 2.77. The topological polar surface area (TPSA) is 37.8 Å². The fourth-order valence-electron chi connectivity index (χ4n) is 3.67. The second-order valence-electron chi connectivity index (χ2n) is 7.16. The van der Waals surface area contributed by atoms with Crippen molar-refractivity contribution in [2.75, 3.05) is 44.8 Å². The van der Waals surface area contributed by atoms with Gasteiger partial charge in [-0.3, -0.25) is 4.90 Å². The van der Waals surface area contributed by atoms with E-state index >= 15 is 0 Å². The molecule has 0 saturated carbocycles.